The van der Waals surface area contributed by atoms with Crippen molar-refractivity contribution in [2.24, 2.45) is 0 Å². The zero-order valence-corrected chi connectivity index (χ0v) is 10.6. The third-order valence-electron chi connectivity index (χ3n) is 2.91. The molecule has 1 heterocycles. The van der Waals surface area contributed by atoms with Gasteiger partial charge in [0.2, 0.25) is 0 Å². The molecule has 2 N–H and O–H groups in total. The number of rotatable bonds is 4. The van der Waals surface area contributed by atoms with E-state index in [1.165, 1.54) is 0 Å². The Morgan fingerprint density at radius 3 is 2.40 bits per heavy atom. The standard InChI is InChI=1S/C14H13N5O/c20-14-7-1-11(2-8-14)9-15-12-3-5-13(6-4-12)19-10-16-17-18-19/h1-8,10,15,20H,9H2. The van der Waals surface area contributed by atoms with Crippen LogP contribution >= 0.6 is 0 Å². The van der Waals surface area contributed by atoms with Crippen molar-refractivity contribution in [3.63, 3.8) is 0 Å². The van der Waals surface area contributed by atoms with Crippen molar-refractivity contribution in [1.29, 1.82) is 0 Å². The molecule has 0 aliphatic carbocycles. The van der Waals surface area contributed by atoms with E-state index in [2.05, 4.69) is 20.8 Å². The van der Waals surface area contributed by atoms with E-state index in [-0.39, 0.29) is 5.75 Å². The Morgan fingerprint density at radius 1 is 1.00 bits per heavy atom. The number of anilines is 1. The molecule has 0 unspecified atom stereocenters. The molecular formula is C14H13N5O. The first-order valence-corrected chi connectivity index (χ1v) is 6.16. The van der Waals surface area contributed by atoms with Crippen LogP contribution in [0.5, 0.6) is 5.75 Å². The summed E-state index contributed by atoms with van der Waals surface area (Å²) in [6, 6.07) is 14.9. The molecule has 3 aromatic rings. The van der Waals surface area contributed by atoms with Gasteiger partial charge in [0.1, 0.15) is 12.1 Å². The van der Waals surface area contributed by atoms with Crippen molar-refractivity contribution in [1.82, 2.24) is 20.2 Å². The Hall–Kier alpha value is -2.89. The lowest BCUT2D eigenvalue weighted by Crippen LogP contribution is -2.00. The summed E-state index contributed by atoms with van der Waals surface area (Å²) in [6.45, 7) is 0.699. The van der Waals surface area contributed by atoms with Gasteiger partial charge in [-0.2, -0.15) is 0 Å². The molecule has 0 aliphatic rings. The van der Waals surface area contributed by atoms with E-state index in [1.54, 1.807) is 23.1 Å². The Balaban J connectivity index is 1.65. The minimum absolute atomic E-state index is 0.277. The largest absolute Gasteiger partial charge is 0.508 e. The predicted octanol–water partition coefficient (Wildman–Crippen LogP) is 1.98. The van der Waals surface area contributed by atoms with Crippen LogP contribution in [-0.4, -0.2) is 25.3 Å². The first-order chi connectivity index (χ1) is 9.81. The minimum Gasteiger partial charge on any atom is -0.508 e. The molecule has 20 heavy (non-hydrogen) atoms. The van der Waals surface area contributed by atoms with Crippen molar-refractivity contribution in [3.8, 4) is 11.4 Å². The normalized spacial score (nSPS) is 10.4. The van der Waals surface area contributed by atoms with Gasteiger partial charge in [0.25, 0.3) is 0 Å². The maximum absolute atomic E-state index is 9.22. The summed E-state index contributed by atoms with van der Waals surface area (Å²) in [6.07, 6.45) is 1.55. The second-order valence-electron chi connectivity index (χ2n) is 4.32. The zero-order valence-electron chi connectivity index (χ0n) is 10.6. The van der Waals surface area contributed by atoms with Crippen molar-refractivity contribution in [2.45, 2.75) is 6.54 Å². The number of aromatic hydroxyl groups is 1. The lowest BCUT2D eigenvalue weighted by atomic mass is 10.2. The summed E-state index contributed by atoms with van der Waals surface area (Å²) >= 11 is 0. The summed E-state index contributed by atoms with van der Waals surface area (Å²) in [7, 11) is 0. The predicted molar refractivity (Wildman–Crippen MR) is 74.6 cm³/mol. The van der Waals surface area contributed by atoms with E-state index in [0.717, 1.165) is 16.9 Å². The van der Waals surface area contributed by atoms with Crippen molar-refractivity contribution in [3.05, 3.63) is 60.4 Å². The van der Waals surface area contributed by atoms with Crippen LogP contribution in [0.2, 0.25) is 0 Å². The number of hydrogen-bond acceptors (Lipinski definition) is 5. The molecule has 0 aliphatic heterocycles. The number of tetrazole rings is 1. The van der Waals surface area contributed by atoms with E-state index in [0.29, 0.717) is 6.54 Å². The number of nitrogens with zero attached hydrogens (tertiary/aromatic N) is 4. The molecule has 0 amide bonds. The maximum Gasteiger partial charge on any atom is 0.143 e. The fourth-order valence-corrected chi connectivity index (χ4v) is 1.83. The molecule has 0 atom stereocenters. The van der Waals surface area contributed by atoms with Gasteiger partial charge in [-0.3, -0.25) is 0 Å². The number of phenolic OH excluding ortho intramolecular Hbond substituents is 1. The van der Waals surface area contributed by atoms with Gasteiger partial charge in [0, 0.05) is 12.2 Å². The summed E-state index contributed by atoms with van der Waals surface area (Å²) < 4.78 is 1.60. The third-order valence-corrected chi connectivity index (χ3v) is 2.91. The topological polar surface area (TPSA) is 75.9 Å². The summed E-state index contributed by atoms with van der Waals surface area (Å²) in [5.41, 5.74) is 3.02. The smallest absolute Gasteiger partial charge is 0.143 e. The minimum atomic E-state index is 0.277. The van der Waals surface area contributed by atoms with E-state index >= 15 is 0 Å². The molecule has 0 fully saturated rings. The molecule has 0 saturated heterocycles. The molecule has 2 aromatic carbocycles. The third kappa shape index (κ3) is 2.74. The van der Waals surface area contributed by atoms with Crippen molar-refractivity contribution in [2.75, 3.05) is 5.32 Å². The number of benzene rings is 2. The van der Waals surface area contributed by atoms with Gasteiger partial charge in [-0.1, -0.05) is 12.1 Å². The lowest BCUT2D eigenvalue weighted by Gasteiger charge is -2.07. The number of aromatic nitrogens is 4. The van der Waals surface area contributed by atoms with Crippen LogP contribution in [0, 0.1) is 0 Å². The molecule has 3 rings (SSSR count). The highest BCUT2D eigenvalue weighted by Crippen LogP contribution is 2.14. The van der Waals surface area contributed by atoms with Gasteiger partial charge in [-0.05, 0) is 52.4 Å². The van der Waals surface area contributed by atoms with Crippen molar-refractivity contribution < 1.29 is 5.11 Å². The van der Waals surface area contributed by atoms with Crippen LogP contribution in [0.4, 0.5) is 5.69 Å². The second-order valence-corrected chi connectivity index (χ2v) is 4.32. The summed E-state index contributed by atoms with van der Waals surface area (Å²) in [5, 5.41) is 23.6. The summed E-state index contributed by atoms with van der Waals surface area (Å²) in [5.74, 6) is 0.277. The molecule has 0 saturated carbocycles. The van der Waals surface area contributed by atoms with E-state index < -0.39 is 0 Å². The van der Waals surface area contributed by atoms with Gasteiger partial charge in [0.15, 0.2) is 0 Å². The molecule has 6 heteroatoms. The molecule has 0 bridgehead atoms. The monoisotopic (exact) mass is 267 g/mol. The Kier molecular flexibility index (Phi) is 3.28. The number of hydrogen-bond donors (Lipinski definition) is 2. The van der Waals surface area contributed by atoms with Crippen LogP contribution in [0.25, 0.3) is 5.69 Å². The fourth-order valence-electron chi connectivity index (χ4n) is 1.83. The highest BCUT2D eigenvalue weighted by Gasteiger charge is 1.98. The molecule has 0 radical (unpaired) electrons. The van der Waals surface area contributed by atoms with Crippen LogP contribution in [-0.2, 0) is 6.54 Å². The van der Waals surface area contributed by atoms with Crippen LogP contribution in [0.3, 0.4) is 0 Å². The Bertz CT molecular complexity index is 662. The lowest BCUT2D eigenvalue weighted by molar-refractivity contribution is 0.475. The highest BCUT2D eigenvalue weighted by molar-refractivity contribution is 5.48. The molecular weight excluding hydrogens is 254 g/mol. The van der Waals surface area contributed by atoms with Gasteiger partial charge < -0.3 is 10.4 Å². The number of phenols is 1. The van der Waals surface area contributed by atoms with Crippen LogP contribution in [0.15, 0.2) is 54.9 Å². The quantitative estimate of drug-likeness (QED) is 0.756. The van der Waals surface area contributed by atoms with E-state index in [9.17, 15) is 5.11 Å². The van der Waals surface area contributed by atoms with E-state index in [4.69, 9.17) is 0 Å². The fraction of sp³-hybridized carbons (Fsp3) is 0.0714. The first-order valence-electron chi connectivity index (χ1n) is 6.16. The van der Waals surface area contributed by atoms with Gasteiger partial charge in [0.05, 0.1) is 5.69 Å². The SMILES string of the molecule is Oc1ccc(CNc2ccc(-n3cnnn3)cc2)cc1. The Morgan fingerprint density at radius 2 is 1.75 bits per heavy atom. The van der Waals surface area contributed by atoms with Crippen LogP contribution in [0.1, 0.15) is 5.56 Å². The van der Waals surface area contributed by atoms with Gasteiger partial charge in [-0.25, -0.2) is 4.68 Å². The van der Waals surface area contributed by atoms with Crippen LogP contribution < -0.4 is 5.32 Å². The molecule has 100 valence electrons. The first kappa shape index (κ1) is 12.2. The highest BCUT2D eigenvalue weighted by atomic mass is 16.3. The molecule has 6 nitrogen and oxygen atoms in total. The molecule has 1 aromatic heterocycles. The number of nitrogens with one attached hydrogen (secondary N) is 1. The Labute approximate surface area is 115 Å². The molecule has 0 spiro atoms. The van der Waals surface area contributed by atoms with Gasteiger partial charge in [-0.15, -0.1) is 5.10 Å². The van der Waals surface area contributed by atoms with Gasteiger partial charge >= 0.3 is 0 Å². The van der Waals surface area contributed by atoms with Crippen molar-refractivity contribution >= 4 is 5.69 Å². The maximum atomic E-state index is 9.22. The average molecular weight is 267 g/mol. The zero-order chi connectivity index (χ0) is 13.8. The second kappa shape index (κ2) is 5.40. The average Bonchev–Trinajstić information content (AvgIpc) is 3.01. The van der Waals surface area contributed by atoms with E-state index in [1.807, 2.05) is 36.4 Å². The summed E-state index contributed by atoms with van der Waals surface area (Å²) in [4.78, 5) is 0.